The first-order valence-corrected chi connectivity index (χ1v) is 5.77. The van der Waals surface area contributed by atoms with Crippen LogP contribution in [0.3, 0.4) is 0 Å². The van der Waals surface area contributed by atoms with Gasteiger partial charge in [-0.3, -0.25) is 9.59 Å². The average Bonchev–Trinajstić information content (AvgIpc) is 2.70. The van der Waals surface area contributed by atoms with Crippen LogP contribution in [0, 0.1) is 0 Å². The number of amides is 2. The first-order chi connectivity index (χ1) is 7.52. The summed E-state index contributed by atoms with van der Waals surface area (Å²) in [5, 5.41) is 0. The molecule has 2 unspecified atom stereocenters. The minimum absolute atomic E-state index is 0.0864. The Labute approximate surface area is 95.9 Å². The van der Waals surface area contributed by atoms with Gasteiger partial charge < -0.3 is 9.80 Å². The van der Waals surface area contributed by atoms with Crippen molar-refractivity contribution in [2.45, 2.75) is 38.8 Å². The molecule has 0 saturated carbocycles. The van der Waals surface area contributed by atoms with E-state index in [0.717, 1.165) is 25.0 Å². The Hall–Kier alpha value is -1.32. The van der Waals surface area contributed by atoms with Gasteiger partial charge in [0.25, 0.3) is 0 Å². The van der Waals surface area contributed by atoms with Crippen LogP contribution in [0.5, 0.6) is 0 Å². The van der Waals surface area contributed by atoms with Gasteiger partial charge in [0.05, 0.1) is 0 Å². The highest BCUT2D eigenvalue weighted by molar-refractivity contribution is 5.97. The molecule has 2 aliphatic heterocycles. The minimum atomic E-state index is -0.335. The van der Waals surface area contributed by atoms with Crippen molar-refractivity contribution in [1.82, 2.24) is 9.80 Å². The van der Waals surface area contributed by atoms with Gasteiger partial charge >= 0.3 is 0 Å². The lowest BCUT2D eigenvalue weighted by molar-refractivity contribution is -0.158. The van der Waals surface area contributed by atoms with Crippen LogP contribution >= 0.6 is 0 Å². The number of carbonyl (C=O) groups excluding carboxylic acids is 2. The molecule has 0 N–H and O–H groups in total. The maximum atomic E-state index is 12.2. The van der Waals surface area contributed by atoms with E-state index in [9.17, 15) is 9.59 Å². The van der Waals surface area contributed by atoms with Crippen LogP contribution in [0.1, 0.15) is 26.7 Å². The van der Waals surface area contributed by atoms with Gasteiger partial charge in [0.2, 0.25) is 11.8 Å². The molecule has 0 aromatic heterocycles. The van der Waals surface area contributed by atoms with Gasteiger partial charge in [-0.25, -0.2) is 0 Å². The second kappa shape index (κ2) is 3.92. The van der Waals surface area contributed by atoms with Crippen LogP contribution in [0.15, 0.2) is 12.2 Å². The fourth-order valence-corrected chi connectivity index (χ4v) is 2.55. The van der Waals surface area contributed by atoms with Crippen LogP contribution in [-0.2, 0) is 9.59 Å². The number of rotatable bonds is 2. The lowest BCUT2D eigenvalue weighted by atomic mass is 10.1. The van der Waals surface area contributed by atoms with Gasteiger partial charge in [0, 0.05) is 13.1 Å². The van der Waals surface area contributed by atoms with Crippen molar-refractivity contribution in [3.63, 3.8) is 0 Å². The monoisotopic (exact) mass is 222 g/mol. The summed E-state index contributed by atoms with van der Waals surface area (Å²) in [7, 11) is 0. The van der Waals surface area contributed by atoms with E-state index < -0.39 is 0 Å². The average molecular weight is 222 g/mol. The fourth-order valence-electron chi connectivity index (χ4n) is 2.55. The summed E-state index contributed by atoms with van der Waals surface area (Å²) in [5.74, 6) is 0.177. The van der Waals surface area contributed by atoms with Crippen molar-refractivity contribution in [3.8, 4) is 0 Å². The number of hydrogen-bond acceptors (Lipinski definition) is 2. The third kappa shape index (κ3) is 1.62. The predicted octanol–water partition coefficient (Wildman–Crippen LogP) is 0.784. The zero-order valence-corrected chi connectivity index (χ0v) is 9.90. The van der Waals surface area contributed by atoms with Crippen LogP contribution in [0.2, 0.25) is 0 Å². The molecule has 0 radical (unpaired) electrons. The Bertz CT molecular complexity index is 351. The number of carbonyl (C=O) groups is 2. The summed E-state index contributed by atoms with van der Waals surface area (Å²) in [6.07, 6.45) is 1.75. The van der Waals surface area contributed by atoms with Crippen molar-refractivity contribution in [1.29, 1.82) is 0 Å². The number of piperazine rings is 1. The third-order valence-corrected chi connectivity index (χ3v) is 3.37. The second-order valence-electron chi connectivity index (χ2n) is 4.79. The molecular weight excluding hydrogens is 204 g/mol. The van der Waals surface area contributed by atoms with Crippen LogP contribution in [0.4, 0.5) is 0 Å². The number of hydrogen-bond donors (Lipinski definition) is 0. The maximum Gasteiger partial charge on any atom is 0.246 e. The summed E-state index contributed by atoms with van der Waals surface area (Å²) in [5.41, 5.74) is 0.916. The molecule has 2 amide bonds. The molecule has 0 aromatic rings. The van der Waals surface area contributed by atoms with Crippen molar-refractivity contribution in [3.05, 3.63) is 12.2 Å². The minimum Gasteiger partial charge on any atom is -0.329 e. The summed E-state index contributed by atoms with van der Waals surface area (Å²) >= 11 is 0. The van der Waals surface area contributed by atoms with E-state index >= 15 is 0 Å². The van der Waals surface area contributed by atoms with Gasteiger partial charge in [0.15, 0.2) is 0 Å². The summed E-state index contributed by atoms with van der Waals surface area (Å²) < 4.78 is 0. The van der Waals surface area contributed by atoms with Crippen molar-refractivity contribution in [2.24, 2.45) is 0 Å². The van der Waals surface area contributed by atoms with Crippen molar-refractivity contribution < 1.29 is 9.59 Å². The molecule has 2 fully saturated rings. The largest absolute Gasteiger partial charge is 0.329 e. The molecule has 16 heavy (non-hydrogen) atoms. The Balaban J connectivity index is 2.23. The summed E-state index contributed by atoms with van der Waals surface area (Å²) in [6.45, 7) is 8.73. The zero-order valence-electron chi connectivity index (χ0n) is 9.90. The lowest BCUT2D eigenvalue weighted by Gasteiger charge is -2.41. The first-order valence-electron chi connectivity index (χ1n) is 5.77. The lowest BCUT2D eigenvalue weighted by Crippen LogP contribution is -2.61. The Kier molecular flexibility index (Phi) is 2.74. The first kappa shape index (κ1) is 11.2. The van der Waals surface area contributed by atoms with E-state index in [1.165, 1.54) is 0 Å². The summed E-state index contributed by atoms with van der Waals surface area (Å²) in [4.78, 5) is 27.6. The molecule has 88 valence electrons. The molecule has 0 aliphatic carbocycles. The molecule has 2 atom stereocenters. The topological polar surface area (TPSA) is 40.6 Å². The van der Waals surface area contributed by atoms with E-state index in [0.29, 0.717) is 6.54 Å². The summed E-state index contributed by atoms with van der Waals surface area (Å²) in [6, 6.07) is -0.540. The molecule has 2 aliphatic rings. The molecule has 4 nitrogen and oxygen atoms in total. The highest BCUT2D eigenvalue weighted by Crippen LogP contribution is 2.26. The standard InChI is InChI=1S/C12H18N2O2/c1-8(2)7-14-9(3)11(15)13-6-4-5-10(13)12(14)16/h9-10H,1,4-7H2,2-3H3. The molecule has 2 heterocycles. The van der Waals surface area contributed by atoms with Gasteiger partial charge in [-0.1, -0.05) is 12.2 Å². The highest BCUT2D eigenvalue weighted by Gasteiger charge is 2.45. The molecule has 0 aromatic carbocycles. The highest BCUT2D eigenvalue weighted by atomic mass is 16.2. The fraction of sp³-hybridized carbons (Fsp3) is 0.667. The molecule has 4 heteroatoms. The zero-order chi connectivity index (χ0) is 11.9. The van der Waals surface area contributed by atoms with Crippen molar-refractivity contribution >= 4 is 11.8 Å². The van der Waals surface area contributed by atoms with Crippen LogP contribution in [0.25, 0.3) is 0 Å². The Morgan fingerprint density at radius 3 is 2.75 bits per heavy atom. The molecule has 2 saturated heterocycles. The van der Waals surface area contributed by atoms with Crippen molar-refractivity contribution in [2.75, 3.05) is 13.1 Å². The third-order valence-electron chi connectivity index (χ3n) is 3.37. The molecule has 0 bridgehead atoms. The normalized spacial score (nSPS) is 29.6. The van der Waals surface area contributed by atoms with E-state index in [1.54, 1.807) is 16.7 Å². The van der Waals surface area contributed by atoms with E-state index in [1.807, 2.05) is 6.92 Å². The Morgan fingerprint density at radius 2 is 2.12 bits per heavy atom. The molecular formula is C12H18N2O2. The maximum absolute atomic E-state index is 12.2. The van der Waals surface area contributed by atoms with Crippen LogP contribution < -0.4 is 0 Å². The SMILES string of the molecule is C=C(C)CN1C(=O)C2CCCN2C(=O)C1C. The van der Waals surface area contributed by atoms with Gasteiger partial charge in [-0.15, -0.1) is 0 Å². The van der Waals surface area contributed by atoms with E-state index in [4.69, 9.17) is 0 Å². The Morgan fingerprint density at radius 1 is 1.44 bits per heavy atom. The number of nitrogens with zero attached hydrogens (tertiary/aromatic N) is 2. The van der Waals surface area contributed by atoms with E-state index in [2.05, 4.69) is 6.58 Å². The smallest absolute Gasteiger partial charge is 0.246 e. The number of fused-ring (bicyclic) bond motifs is 1. The second-order valence-corrected chi connectivity index (χ2v) is 4.79. The quantitative estimate of drug-likeness (QED) is 0.648. The predicted molar refractivity (Wildman–Crippen MR) is 60.7 cm³/mol. The van der Waals surface area contributed by atoms with E-state index in [-0.39, 0.29) is 23.9 Å². The van der Waals surface area contributed by atoms with Gasteiger partial charge in [0.1, 0.15) is 12.1 Å². The molecule has 2 rings (SSSR count). The van der Waals surface area contributed by atoms with Gasteiger partial charge in [-0.05, 0) is 26.7 Å². The van der Waals surface area contributed by atoms with Gasteiger partial charge in [-0.2, -0.15) is 0 Å². The molecule has 0 spiro atoms. The van der Waals surface area contributed by atoms with Crippen LogP contribution in [-0.4, -0.2) is 46.8 Å².